The van der Waals surface area contributed by atoms with Crippen LogP contribution in [0.1, 0.15) is 46.1 Å². The molecule has 0 saturated heterocycles. The number of nitrogens with one attached hydrogen (secondary N) is 5. The van der Waals surface area contributed by atoms with Gasteiger partial charge in [-0.25, -0.2) is 9.78 Å². The summed E-state index contributed by atoms with van der Waals surface area (Å²) in [6, 6.07) is 14.4. The third-order valence-electron chi connectivity index (χ3n) is 6.49. The van der Waals surface area contributed by atoms with Gasteiger partial charge in [-0.15, -0.1) is 0 Å². The number of nitrogens with zero attached hydrogens (tertiary/aromatic N) is 1. The van der Waals surface area contributed by atoms with Crippen LogP contribution in [0, 0.1) is 13.8 Å². The van der Waals surface area contributed by atoms with Crippen LogP contribution < -0.4 is 21.7 Å². The van der Waals surface area contributed by atoms with Crippen molar-refractivity contribution in [2.24, 2.45) is 5.73 Å². The molecule has 2 heterocycles. The van der Waals surface area contributed by atoms with Crippen LogP contribution in [-0.4, -0.2) is 38.8 Å². The molecule has 198 valence electrons. The second kappa shape index (κ2) is 9.97. The highest BCUT2D eigenvalue weighted by atomic mass is 16.2. The minimum Gasteiger partial charge on any atom is -0.366 e. The number of hydrogen-bond acceptors (Lipinski definition) is 4. The molecule has 0 atom stereocenters. The number of aromatic amines is 2. The standard InChI is InChI=1S/C29H29N7O3/c1-14(2)32-29(39)34-17-8-9-20-23(12-17)35-25-21(26(30)37)11-10-19(24(20)25)18-6-5-7-22(16(18)4)36-28(38)27-31-13-15(3)33-27/h5-14,35H,1-4H3,(H2,30,37)(H,31,33)(H,36,38)(H2,32,34,39). The normalized spacial score (nSPS) is 11.2. The highest BCUT2D eigenvalue weighted by Crippen LogP contribution is 2.39. The summed E-state index contributed by atoms with van der Waals surface area (Å²) in [5.74, 6) is -0.668. The number of H-pyrrole nitrogens is 2. The molecular weight excluding hydrogens is 494 g/mol. The number of aryl methyl sites for hydroxylation is 1. The molecule has 10 heteroatoms. The Hall–Kier alpha value is -5.12. The Labute approximate surface area is 224 Å². The highest BCUT2D eigenvalue weighted by Gasteiger charge is 2.19. The Morgan fingerprint density at radius 1 is 0.949 bits per heavy atom. The largest absolute Gasteiger partial charge is 0.366 e. The number of fused-ring (bicyclic) bond motifs is 3. The van der Waals surface area contributed by atoms with E-state index in [9.17, 15) is 14.4 Å². The predicted molar refractivity (Wildman–Crippen MR) is 153 cm³/mol. The first-order valence-electron chi connectivity index (χ1n) is 12.5. The van der Waals surface area contributed by atoms with Gasteiger partial charge in [0, 0.05) is 45.6 Å². The minimum absolute atomic E-state index is 0.00512. The van der Waals surface area contributed by atoms with Gasteiger partial charge in [0.15, 0.2) is 5.82 Å². The molecular formula is C29H29N7O3. The average molecular weight is 524 g/mol. The van der Waals surface area contributed by atoms with Crippen molar-refractivity contribution >= 4 is 51.0 Å². The molecule has 10 nitrogen and oxygen atoms in total. The quantitative estimate of drug-likeness (QED) is 0.180. The first kappa shape index (κ1) is 25.5. The van der Waals surface area contributed by atoms with Crippen LogP contribution in [0.3, 0.4) is 0 Å². The second-order valence-corrected chi connectivity index (χ2v) is 9.76. The smallest absolute Gasteiger partial charge is 0.319 e. The molecule has 2 aromatic heterocycles. The number of amides is 4. The molecule has 3 aromatic carbocycles. The average Bonchev–Trinajstić information content (AvgIpc) is 3.47. The molecule has 0 fully saturated rings. The van der Waals surface area contributed by atoms with E-state index in [1.54, 1.807) is 12.3 Å². The number of nitrogens with two attached hydrogens (primary N) is 1. The molecule has 5 rings (SSSR count). The van der Waals surface area contributed by atoms with Gasteiger partial charge in [0.05, 0.1) is 11.1 Å². The van der Waals surface area contributed by atoms with E-state index in [1.165, 1.54) is 0 Å². The van der Waals surface area contributed by atoms with Gasteiger partial charge in [0.1, 0.15) is 0 Å². The van der Waals surface area contributed by atoms with Crippen LogP contribution in [0.2, 0.25) is 0 Å². The lowest BCUT2D eigenvalue weighted by molar-refractivity contribution is 0.0997. The van der Waals surface area contributed by atoms with E-state index in [0.29, 0.717) is 22.5 Å². The van der Waals surface area contributed by atoms with Gasteiger partial charge < -0.3 is 31.7 Å². The summed E-state index contributed by atoms with van der Waals surface area (Å²) in [5.41, 5.74) is 12.0. The van der Waals surface area contributed by atoms with Gasteiger partial charge in [-0.05, 0) is 68.7 Å². The van der Waals surface area contributed by atoms with Crippen molar-refractivity contribution in [3.63, 3.8) is 0 Å². The van der Waals surface area contributed by atoms with Crippen molar-refractivity contribution in [2.45, 2.75) is 33.7 Å². The van der Waals surface area contributed by atoms with Crippen molar-refractivity contribution in [2.75, 3.05) is 10.6 Å². The third kappa shape index (κ3) is 4.91. The summed E-state index contributed by atoms with van der Waals surface area (Å²) in [5, 5.41) is 10.2. The molecule has 4 amide bonds. The summed E-state index contributed by atoms with van der Waals surface area (Å²) in [7, 11) is 0. The molecule has 0 aliphatic rings. The summed E-state index contributed by atoms with van der Waals surface area (Å²) in [6.07, 6.45) is 1.60. The summed E-state index contributed by atoms with van der Waals surface area (Å²) in [4.78, 5) is 47.7. The third-order valence-corrected chi connectivity index (χ3v) is 6.49. The second-order valence-electron chi connectivity index (χ2n) is 9.76. The first-order chi connectivity index (χ1) is 18.6. The Balaban J connectivity index is 1.61. The van der Waals surface area contributed by atoms with Gasteiger partial charge in [-0.1, -0.05) is 24.3 Å². The van der Waals surface area contributed by atoms with E-state index in [0.717, 1.165) is 38.7 Å². The van der Waals surface area contributed by atoms with Crippen molar-refractivity contribution in [1.29, 1.82) is 0 Å². The Morgan fingerprint density at radius 2 is 1.74 bits per heavy atom. The number of aromatic nitrogens is 3. The molecule has 0 radical (unpaired) electrons. The number of rotatable bonds is 6. The molecule has 0 aliphatic carbocycles. The monoisotopic (exact) mass is 523 g/mol. The molecule has 0 bridgehead atoms. The van der Waals surface area contributed by atoms with E-state index in [1.807, 2.05) is 70.2 Å². The van der Waals surface area contributed by atoms with Gasteiger partial charge >= 0.3 is 6.03 Å². The minimum atomic E-state index is -0.556. The molecule has 0 aliphatic heterocycles. The number of anilines is 2. The molecule has 39 heavy (non-hydrogen) atoms. The van der Waals surface area contributed by atoms with E-state index >= 15 is 0 Å². The number of benzene rings is 3. The zero-order chi connectivity index (χ0) is 27.8. The van der Waals surface area contributed by atoms with Gasteiger partial charge in [-0.3, -0.25) is 9.59 Å². The molecule has 0 unspecified atom stereocenters. The lowest BCUT2D eigenvalue weighted by atomic mass is 9.93. The number of hydrogen-bond donors (Lipinski definition) is 6. The summed E-state index contributed by atoms with van der Waals surface area (Å²) < 4.78 is 0. The fraction of sp³-hybridized carbons (Fsp3) is 0.172. The van der Waals surface area contributed by atoms with Crippen molar-refractivity contribution in [3.8, 4) is 11.1 Å². The number of carbonyl (C=O) groups is 3. The van der Waals surface area contributed by atoms with E-state index in [4.69, 9.17) is 5.73 Å². The van der Waals surface area contributed by atoms with Crippen molar-refractivity contribution in [1.82, 2.24) is 20.3 Å². The highest BCUT2D eigenvalue weighted by molar-refractivity contribution is 6.20. The zero-order valence-corrected chi connectivity index (χ0v) is 22.0. The Bertz CT molecular complexity index is 1760. The van der Waals surface area contributed by atoms with Crippen LogP contribution in [0.5, 0.6) is 0 Å². The number of urea groups is 1. The van der Waals surface area contributed by atoms with Gasteiger partial charge in [0.25, 0.3) is 11.8 Å². The molecule has 7 N–H and O–H groups in total. The maximum absolute atomic E-state index is 12.8. The number of imidazole rings is 1. The zero-order valence-electron chi connectivity index (χ0n) is 22.0. The van der Waals surface area contributed by atoms with Crippen LogP contribution in [-0.2, 0) is 0 Å². The topological polar surface area (TPSA) is 158 Å². The van der Waals surface area contributed by atoms with E-state index in [2.05, 4.69) is 30.9 Å². The SMILES string of the molecule is Cc1cnc(C(=O)Nc2cccc(-c3ccc(C(N)=O)c4[nH]c5cc(NC(=O)NC(C)C)ccc5c34)c2C)[nH]1. The fourth-order valence-electron chi connectivity index (χ4n) is 4.72. The molecule has 5 aromatic rings. The first-order valence-corrected chi connectivity index (χ1v) is 12.5. The lowest BCUT2D eigenvalue weighted by Gasteiger charge is -2.14. The predicted octanol–water partition coefficient (Wildman–Crippen LogP) is 5.21. The molecule has 0 saturated carbocycles. The van der Waals surface area contributed by atoms with Crippen LogP contribution in [0.25, 0.3) is 32.9 Å². The van der Waals surface area contributed by atoms with Gasteiger partial charge in [0.2, 0.25) is 0 Å². The van der Waals surface area contributed by atoms with Crippen LogP contribution in [0.4, 0.5) is 16.2 Å². The lowest BCUT2D eigenvalue weighted by Crippen LogP contribution is -2.34. The maximum atomic E-state index is 12.8. The number of carbonyl (C=O) groups excluding carboxylic acids is 3. The fourth-order valence-corrected chi connectivity index (χ4v) is 4.72. The van der Waals surface area contributed by atoms with Gasteiger partial charge in [-0.2, -0.15) is 0 Å². The van der Waals surface area contributed by atoms with Crippen molar-refractivity contribution < 1.29 is 14.4 Å². The van der Waals surface area contributed by atoms with Crippen molar-refractivity contribution in [3.05, 3.63) is 77.4 Å². The van der Waals surface area contributed by atoms with Crippen LogP contribution in [0.15, 0.2) is 54.7 Å². The Morgan fingerprint density at radius 3 is 2.44 bits per heavy atom. The summed E-state index contributed by atoms with van der Waals surface area (Å²) >= 11 is 0. The number of primary amides is 1. The van der Waals surface area contributed by atoms with E-state index in [-0.39, 0.29) is 23.8 Å². The maximum Gasteiger partial charge on any atom is 0.319 e. The summed E-state index contributed by atoms with van der Waals surface area (Å²) in [6.45, 7) is 7.52. The van der Waals surface area contributed by atoms with E-state index < -0.39 is 5.91 Å². The van der Waals surface area contributed by atoms with Crippen LogP contribution >= 0.6 is 0 Å². The Kier molecular flexibility index (Phi) is 6.53. The molecule has 0 spiro atoms.